The van der Waals surface area contributed by atoms with E-state index in [0.717, 1.165) is 22.7 Å². The van der Waals surface area contributed by atoms with Gasteiger partial charge < -0.3 is 14.5 Å². The molecular formula is C19H22N2O6S. The number of amides is 1. The van der Waals surface area contributed by atoms with Gasteiger partial charge in [-0.25, -0.2) is 8.42 Å². The van der Waals surface area contributed by atoms with Gasteiger partial charge >= 0.3 is 5.97 Å². The van der Waals surface area contributed by atoms with Crippen LogP contribution < -0.4 is 5.32 Å². The first kappa shape index (κ1) is 20.1. The number of nitrogens with zero attached hydrogens (tertiary/aromatic N) is 1. The van der Waals surface area contributed by atoms with Crippen LogP contribution in [0.15, 0.2) is 52.0 Å². The zero-order chi connectivity index (χ0) is 20.1. The highest BCUT2D eigenvalue weighted by Crippen LogP contribution is 2.20. The highest BCUT2D eigenvalue weighted by atomic mass is 32.2. The first-order valence-corrected chi connectivity index (χ1v) is 10.3. The van der Waals surface area contributed by atoms with Crippen molar-refractivity contribution in [2.24, 2.45) is 0 Å². The van der Waals surface area contributed by atoms with Crippen LogP contribution in [-0.4, -0.2) is 43.8 Å². The third kappa shape index (κ3) is 5.43. The van der Waals surface area contributed by atoms with E-state index in [1.54, 1.807) is 24.3 Å². The van der Waals surface area contributed by atoms with Crippen molar-refractivity contribution in [3.63, 3.8) is 0 Å². The summed E-state index contributed by atoms with van der Waals surface area (Å²) in [5.74, 6) is -0.821. The van der Waals surface area contributed by atoms with Crippen molar-refractivity contribution in [1.29, 1.82) is 0 Å². The van der Waals surface area contributed by atoms with Crippen LogP contribution in [0, 0.1) is 6.92 Å². The molecule has 1 aromatic carbocycles. The van der Waals surface area contributed by atoms with E-state index >= 15 is 0 Å². The number of nitrogens with one attached hydrogen (secondary N) is 1. The molecule has 8 nitrogen and oxygen atoms in total. The van der Waals surface area contributed by atoms with Gasteiger partial charge in [0.2, 0.25) is 10.0 Å². The lowest BCUT2D eigenvalue weighted by atomic mass is 10.2. The van der Waals surface area contributed by atoms with Crippen molar-refractivity contribution in [2.45, 2.75) is 37.2 Å². The van der Waals surface area contributed by atoms with Gasteiger partial charge in [0.05, 0.1) is 17.7 Å². The van der Waals surface area contributed by atoms with Crippen LogP contribution in [0.4, 0.5) is 0 Å². The summed E-state index contributed by atoms with van der Waals surface area (Å²) in [7, 11) is -3.96. The molecule has 0 radical (unpaired) electrons. The Labute approximate surface area is 163 Å². The highest BCUT2D eigenvalue weighted by molar-refractivity contribution is 7.89. The fourth-order valence-electron chi connectivity index (χ4n) is 2.49. The molecule has 0 spiro atoms. The summed E-state index contributed by atoms with van der Waals surface area (Å²) in [5.41, 5.74) is 0.914. The van der Waals surface area contributed by atoms with Crippen LogP contribution in [0.1, 0.15) is 24.2 Å². The van der Waals surface area contributed by atoms with Gasteiger partial charge in [-0.2, -0.15) is 4.31 Å². The molecule has 0 unspecified atom stereocenters. The number of furan rings is 1. The Morgan fingerprint density at radius 1 is 1.21 bits per heavy atom. The maximum Gasteiger partial charge on any atom is 0.321 e. The molecule has 1 aliphatic rings. The quantitative estimate of drug-likeness (QED) is 0.634. The summed E-state index contributed by atoms with van der Waals surface area (Å²) < 4.78 is 37.1. The summed E-state index contributed by atoms with van der Waals surface area (Å²) in [6.07, 6.45) is 3.27. The number of carbonyl (C=O) groups is 2. The van der Waals surface area contributed by atoms with E-state index in [9.17, 15) is 18.0 Å². The number of hydrogen-bond acceptors (Lipinski definition) is 6. The van der Waals surface area contributed by atoms with E-state index in [1.807, 2.05) is 6.92 Å². The Kier molecular flexibility index (Phi) is 6.15. The van der Waals surface area contributed by atoms with Gasteiger partial charge in [-0.05, 0) is 44.0 Å². The normalized spacial score (nSPS) is 14.1. The van der Waals surface area contributed by atoms with Crippen LogP contribution in [-0.2, 0) is 30.9 Å². The van der Waals surface area contributed by atoms with Gasteiger partial charge in [0, 0.05) is 6.04 Å². The first-order valence-electron chi connectivity index (χ1n) is 8.89. The van der Waals surface area contributed by atoms with Gasteiger partial charge in [-0.1, -0.05) is 17.7 Å². The van der Waals surface area contributed by atoms with Crippen molar-refractivity contribution < 1.29 is 27.2 Å². The van der Waals surface area contributed by atoms with E-state index in [0.29, 0.717) is 5.76 Å². The van der Waals surface area contributed by atoms with Crippen molar-refractivity contribution in [3.8, 4) is 0 Å². The molecule has 1 fully saturated rings. The number of carbonyl (C=O) groups excluding carboxylic acids is 2. The van der Waals surface area contributed by atoms with E-state index in [-0.39, 0.29) is 17.5 Å². The minimum absolute atomic E-state index is 0.0592. The third-order valence-corrected chi connectivity index (χ3v) is 5.99. The number of sulfonamides is 1. The van der Waals surface area contributed by atoms with Gasteiger partial charge in [0.1, 0.15) is 12.3 Å². The van der Waals surface area contributed by atoms with Gasteiger partial charge in [-0.15, -0.1) is 0 Å². The first-order chi connectivity index (χ1) is 13.3. The second-order valence-corrected chi connectivity index (χ2v) is 8.61. The maximum absolute atomic E-state index is 13.0. The zero-order valence-corrected chi connectivity index (χ0v) is 16.3. The Bertz CT molecular complexity index is 918. The smallest absolute Gasteiger partial charge is 0.321 e. The molecule has 0 bridgehead atoms. The summed E-state index contributed by atoms with van der Waals surface area (Å²) in [6, 6.07) is 9.72. The van der Waals surface area contributed by atoms with E-state index in [4.69, 9.17) is 9.15 Å². The SMILES string of the molecule is Cc1ccc(S(=O)(=O)N(CC(=O)OCC(=O)NC2CC2)Cc2ccco2)cc1. The molecule has 9 heteroatoms. The largest absolute Gasteiger partial charge is 0.468 e. The highest BCUT2D eigenvalue weighted by Gasteiger charge is 2.29. The maximum atomic E-state index is 13.0. The molecule has 3 rings (SSSR count). The zero-order valence-electron chi connectivity index (χ0n) is 15.5. The number of hydrogen-bond donors (Lipinski definition) is 1. The molecule has 1 amide bonds. The number of aryl methyl sites for hydroxylation is 1. The summed E-state index contributed by atoms with van der Waals surface area (Å²) in [5, 5.41) is 2.70. The third-order valence-electron chi connectivity index (χ3n) is 4.18. The van der Waals surface area contributed by atoms with Crippen molar-refractivity contribution in [3.05, 3.63) is 54.0 Å². The van der Waals surface area contributed by atoms with E-state index in [1.165, 1.54) is 18.4 Å². The molecule has 0 saturated heterocycles. The molecule has 2 aromatic rings. The summed E-state index contributed by atoms with van der Waals surface area (Å²) in [6.45, 7) is 0.746. The van der Waals surface area contributed by atoms with E-state index in [2.05, 4.69) is 5.32 Å². The minimum atomic E-state index is -3.96. The Morgan fingerprint density at radius 2 is 1.93 bits per heavy atom. The molecule has 1 aromatic heterocycles. The Balaban J connectivity index is 1.69. The molecule has 0 aliphatic heterocycles. The lowest BCUT2D eigenvalue weighted by molar-refractivity contribution is -0.148. The average Bonchev–Trinajstić information content (AvgIpc) is 3.31. The summed E-state index contributed by atoms with van der Waals surface area (Å²) >= 11 is 0. The molecule has 1 aliphatic carbocycles. The molecule has 1 saturated carbocycles. The van der Waals surface area contributed by atoms with Crippen LogP contribution in [0.3, 0.4) is 0 Å². The molecule has 1 N–H and O–H groups in total. The number of ether oxygens (including phenoxy) is 1. The lowest BCUT2D eigenvalue weighted by Gasteiger charge is -2.20. The van der Waals surface area contributed by atoms with Crippen LogP contribution in [0.5, 0.6) is 0 Å². The Hall–Kier alpha value is -2.65. The average molecular weight is 406 g/mol. The predicted octanol–water partition coefficient (Wildman–Crippen LogP) is 1.60. The fourth-order valence-corrected chi connectivity index (χ4v) is 3.84. The van der Waals surface area contributed by atoms with Crippen molar-refractivity contribution in [1.82, 2.24) is 9.62 Å². The minimum Gasteiger partial charge on any atom is -0.468 e. The predicted molar refractivity (Wildman–Crippen MR) is 99.6 cm³/mol. The molecule has 150 valence electrons. The lowest BCUT2D eigenvalue weighted by Crippen LogP contribution is -2.37. The van der Waals surface area contributed by atoms with E-state index < -0.39 is 35.1 Å². The number of esters is 1. The van der Waals surface area contributed by atoms with Crippen LogP contribution >= 0.6 is 0 Å². The van der Waals surface area contributed by atoms with Crippen LogP contribution in [0.25, 0.3) is 0 Å². The van der Waals surface area contributed by atoms with Crippen molar-refractivity contribution >= 4 is 21.9 Å². The molecule has 28 heavy (non-hydrogen) atoms. The number of rotatable bonds is 9. The van der Waals surface area contributed by atoms with Crippen LogP contribution in [0.2, 0.25) is 0 Å². The monoisotopic (exact) mass is 406 g/mol. The Morgan fingerprint density at radius 3 is 2.54 bits per heavy atom. The second kappa shape index (κ2) is 8.57. The summed E-state index contributed by atoms with van der Waals surface area (Å²) in [4.78, 5) is 23.9. The number of benzene rings is 1. The molecule has 0 atom stereocenters. The van der Waals surface area contributed by atoms with Gasteiger partial charge in [0.15, 0.2) is 6.61 Å². The van der Waals surface area contributed by atoms with Crippen molar-refractivity contribution in [2.75, 3.05) is 13.2 Å². The second-order valence-electron chi connectivity index (χ2n) is 6.67. The molecule has 1 heterocycles. The topological polar surface area (TPSA) is 106 Å². The standard InChI is InChI=1S/C19H22N2O6S/c1-14-4-8-17(9-5-14)28(24,25)21(11-16-3-2-10-26-16)12-19(23)27-13-18(22)20-15-6-7-15/h2-5,8-10,15H,6-7,11-13H2,1H3,(H,20,22). The van der Waals surface area contributed by atoms with Gasteiger partial charge in [0.25, 0.3) is 5.91 Å². The van der Waals surface area contributed by atoms with Gasteiger partial charge in [-0.3, -0.25) is 9.59 Å². The fraction of sp³-hybridized carbons (Fsp3) is 0.368. The molecular weight excluding hydrogens is 384 g/mol.